The van der Waals surface area contributed by atoms with Crippen LogP contribution in [0.4, 0.5) is 10.2 Å². The Hall–Kier alpha value is -3.55. The zero-order valence-electron chi connectivity index (χ0n) is 17.1. The molecule has 0 unspecified atom stereocenters. The summed E-state index contributed by atoms with van der Waals surface area (Å²) in [5, 5.41) is 0. The molecule has 2 aliphatic rings. The summed E-state index contributed by atoms with van der Waals surface area (Å²) in [5.74, 6) is -0.0405. The number of nitrogens with zero attached hydrogens (tertiary/aromatic N) is 4. The fourth-order valence-corrected chi connectivity index (χ4v) is 4.80. The number of nitrogens with two attached hydrogens (primary N) is 1. The second-order valence-electron chi connectivity index (χ2n) is 8.41. The van der Waals surface area contributed by atoms with Gasteiger partial charge in [-0.15, -0.1) is 0 Å². The first-order valence-electron chi connectivity index (χ1n) is 10.3. The van der Waals surface area contributed by atoms with Crippen molar-refractivity contribution in [2.75, 3.05) is 18.8 Å². The molecule has 0 saturated carbocycles. The van der Waals surface area contributed by atoms with Crippen molar-refractivity contribution in [3.05, 3.63) is 75.7 Å². The number of benzene rings is 1. The number of aryl methyl sites for hydroxylation is 1. The van der Waals surface area contributed by atoms with Crippen LogP contribution in [0.15, 0.2) is 47.5 Å². The third kappa shape index (κ3) is 3.48. The van der Waals surface area contributed by atoms with Gasteiger partial charge in [-0.2, -0.15) is 0 Å². The van der Waals surface area contributed by atoms with Gasteiger partial charge in [-0.05, 0) is 43.0 Å². The van der Waals surface area contributed by atoms with Crippen LogP contribution in [0.25, 0.3) is 11.3 Å². The van der Waals surface area contributed by atoms with E-state index in [1.165, 1.54) is 18.5 Å². The summed E-state index contributed by atoms with van der Waals surface area (Å²) in [6.07, 6.45) is 2.28. The number of aromatic nitrogens is 3. The van der Waals surface area contributed by atoms with Crippen molar-refractivity contribution in [1.29, 1.82) is 0 Å². The highest BCUT2D eigenvalue weighted by molar-refractivity contribution is 5.95. The van der Waals surface area contributed by atoms with E-state index in [1.807, 2.05) is 17.6 Å². The molecule has 8 heteroatoms. The first-order valence-corrected chi connectivity index (χ1v) is 10.3. The molecule has 0 radical (unpaired) electrons. The first-order chi connectivity index (χ1) is 14.9. The number of nitrogen functional groups attached to an aromatic ring is 1. The fourth-order valence-electron chi connectivity index (χ4n) is 4.80. The van der Waals surface area contributed by atoms with Crippen molar-refractivity contribution < 1.29 is 9.18 Å². The van der Waals surface area contributed by atoms with Gasteiger partial charge in [-0.25, -0.2) is 14.4 Å². The number of pyridine rings is 1. The largest absolute Gasteiger partial charge is 0.384 e. The summed E-state index contributed by atoms with van der Waals surface area (Å²) in [6, 6.07) is 9.47. The van der Waals surface area contributed by atoms with E-state index in [-0.39, 0.29) is 23.3 Å². The normalized spacial score (nSPS) is 19.7. The molecule has 0 spiro atoms. The lowest BCUT2D eigenvalue weighted by Crippen LogP contribution is -2.49. The molecule has 7 nitrogen and oxygen atoms in total. The average Bonchev–Trinajstić information content (AvgIpc) is 2.75. The third-order valence-corrected chi connectivity index (χ3v) is 6.26. The minimum atomic E-state index is -0.420. The first kappa shape index (κ1) is 19.4. The molecule has 1 amide bonds. The van der Waals surface area contributed by atoms with E-state index in [1.54, 1.807) is 23.1 Å². The number of likely N-dealkylation sites (tertiary alicyclic amines) is 1. The Bertz CT molecular complexity index is 1250. The molecule has 2 atom stereocenters. The quantitative estimate of drug-likeness (QED) is 0.689. The SMILES string of the molecule is Cc1ccc(F)cc1C(=O)N1C[C@@H]2C[C@H](C1)c1cc(-c3cc(N)ncn3)cc(=O)n1C2. The summed E-state index contributed by atoms with van der Waals surface area (Å²) in [6.45, 7) is 3.41. The molecular formula is C23H22FN5O2. The third-order valence-electron chi connectivity index (χ3n) is 6.26. The Morgan fingerprint density at radius 1 is 1.13 bits per heavy atom. The lowest BCUT2D eigenvalue weighted by Gasteiger charge is -2.43. The molecular weight excluding hydrogens is 397 g/mol. The maximum absolute atomic E-state index is 13.8. The topological polar surface area (TPSA) is 94.1 Å². The zero-order valence-corrected chi connectivity index (χ0v) is 17.1. The van der Waals surface area contributed by atoms with Crippen LogP contribution in [-0.2, 0) is 6.54 Å². The Balaban J connectivity index is 1.50. The second-order valence-corrected chi connectivity index (χ2v) is 8.41. The number of hydrogen-bond donors (Lipinski definition) is 1. The second kappa shape index (κ2) is 7.30. The van der Waals surface area contributed by atoms with E-state index in [9.17, 15) is 14.0 Å². The average molecular weight is 419 g/mol. The van der Waals surface area contributed by atoms with Gasteiger partial charge < -0.3 is 15.2 Å². The van der Waals surface area contributed by atoms with Crippen LogP contribution in [0.1, 0.15) is 34.0 Å². The van der Waals surface area contributed by atoms with Crippen LogP contribution in [0.2, 0.25) is 0 Å². The maximum Gasteiger partial charge on any atom is 0.254 e. The number of amides is 1. The minimum absolute atomic E-state index is 0.0251. The minimum Gasteiger partial charge on any atom is -0.384 e. The standard InChI is InChI=1S/C23H22FN5O2/c1-13-2-3-17(24)7-18(13)23(31)28-9-14-4-16(11-28)20-5-15(6-22(30)29(20)10-14)19-8-21(25)27-12-26-19/h2-3,5-8,12,14,16H,4,9-11H2,1H3,(H2,25,26,27)/t14-,16+/m0/s1. The summed E-state index contributed by atoms with van der Waals surface area (Å²) in [4.78, 5) is 36.0. The fraction of sp³-hybridized carbons (Fsp3) is 0.304. The van der Waals surface area contributed by atoms with Crippen molar-refractivity contribution in [2.45, 2.75) is 25.8 Å². The molecule has 4 heterocycles. The highest BCUT2D eigenvalue weighted by atomic mass is 19.1. The lowest BCUT2D eigenvalue weighted by molar-refractivity contribution is 0.0593. The summed E-state index contributed by atoms with van der Waals surface area (Å²) >= 11 is 0. The van der Waals surface area contributed by atoms with Gasteiger partial charge in [0.15, 0.2) is 0 Å². The number of rotatable bonds is 2. The summed E-state index contributed by atoms with van der Waals surface area (Å²) in [5.41, 5.74) is 9.01. The van der Waals surface area contributed by atoms with Gasteiger partial charge in [0.1, 0.15) is 18.0 Å². The van der Waals surface area contributed by atoms with Crippen molar-refractivity contribution in [3.8, 4) is 11.3 Å². The smallest absolute Gasteiger partial charge is 0.254 e. The molecule has 0 aliphatic carbocycles. The molecule has 1 fully saturated rings. The molecule has 2 aromatic heterocycles. The molecule has 1 aromatic carbocycles. The van der Waals surface area contributed by atoms with E-state index < -0.39 is 5.82 Å². The highest BCUT2D eigenvalue weighted by Gasteiger charge is 2.37. The Morgan fingerprint density at radius 3 is 2.77 bits per heavy atom. The molecule has 31 heavy (non-hydrogen) atoms. The summed E-state index contributed by atoms with van der Waals surface area (Å²) in [7, 11) is 0. The Kier molecular flexibility index (Phi) is 4.57. The van der Waals surface area contributed by atoms with Crippen LogP contribution in [-0.4, -0.2) is 38.4 Å². The van der Waals surface area contributed by atoms with E-state index >= 15 is 0 Å². The van der Waals surface area contributed by atoms with E-state index in [4.69, 9.17) is 5.73 Å². The van der Waals surface area contributed by atoms with Crippen LogP contribution in [0, 0.1) is 18.7 Å². The van der Waals surface area contributed by atoms with Gasteiger partial charge in [0, 0.05) is 54.5 Å². The molecule has 2 N–H and O–H groups in total. The predicted octanol–water partition coefficient (Wildman–Crippen LogP) is 2.59. The van der Waals surface area contributed by atoms with E-state index in [0.717, 1.165) is 17.7 Å². The molecule has 2 bridgehead atoms. The number of carbonyl (C=O) groups is 1. The van der Waals surface area contributed by atoms with E-state index in [0.29, 0.717) is 42.3 Å². The van der Waals surface area contributed by atoms with Gasteiger partial charge >= 0.3 is 0 Å². The number of hydrogen-bond acceptors (Lipinski definition) is 5. The highest BCUT2D eigenvalue weighted by Crippen LogP contribution is 2.37. The number of fused-ring (bicyclic) bond motifs is 4. The Morgan fingerprint density at radius 2 is 1.97 bits per heavy atom. The Labute approximate surface area is 178 Å². The van der Waals surface area contributed by atoms with Gasteiger partial charge in [0.25, 0.3) is 11.5 Å². The van der Waals surface area contributed by atoms with Crippen molar-refractivity contribution in [2.24, 2.45) is 5.92 Å². The van der Waals surface area contributed by atoms with Crippen LogP contribution < -0.4 is 11.3 Å². The van der Waals surface area contributed by atoms with Gasteiger partial charge in [0.05, 0.1) is 5.69 Å². The number of anilines is 1. The molecule has 1 saturated heterocycles. The van der Waals surface area contributed by atoms with E-state index in [2.05, 4.69) is 9.97 Å². The number of halogens is 1. The maximum atomic E-state index is 13.8. The van der Waals surface area contributed by atoms with Crippen molar-refractivity contribution in [1.82, 2.24) is 19.4 Å². The molecule has 2 aliphatic heterocycles. The number of piperidine rings is 1. The lowest BCUT2D eigenvalue weighted by atomic mass is 9.82. The molecule has 158 valence electrons. The molecule has 3 aromatic rings. The van der Waals surface area contributed by atoms with Crippen molar-refractivity contribution in [3.63, 3.8) is 0 Å². The van der Waals surface area contributed by atoms with Crippen molar-refractivity contribution >= 4 is 11.7 Å². The van der Waals surface area contributed by atoms with Crippen LogP contribution >= 0.6 is 0 Å². The van der Waals surface area contributed by atoms with Gasteiger partial charge in [0.2, 0.25) is 0 Å². The van der Waals surface area contributed by atoms with Gasteiger partial charge in [-0.1, -0.05) is 6.07 Å². The summed E-state index contributed by atoms with van der Waals surface area (Å²) < 4.78 is 15.6. The molecule has 5 rings (SSSR count). The van der Waals surface area contributed by atoms with Gasteiger partial charge in [-0.3, -0.25) is 9.59 Å². The van der Waals surface area contributed by atoms with Crippen LogP contribution in [0.3, 0.4) is 0 Å². The predicted molar refractivity (Wildman–Crippen MR) is 114 cm³/mol. The monoisotopic (exact) mass is 419 g/mol. The zero-order chi connectivity index (χ0) is 21.7. The number of carbonyl (C=O) groups excluding carboxylic acids is 1. The van der Waals surface area contributed by atoms with Crippen LogP contribution in [0.5, 0.6) is 0 Å².